The van der Waals surface area contributed by atoms with Crippen LogP contribution in [0, 0.1) is 6.92 Å². The Balaban J connectivity index is 1.57. The molecule has 1 N–H and O–H groups in total. The molecule has 3 heterocycles. The van der Waals surface area contributed by atoms with Crippen molar-refractivity contribution in [1.82, 2.24) is 9.91 Å². The number of piperidine rings is 1. The minimum atomic E-state index is -0.397. The number of fused-ring (bicyclic) bond motifs is 4. The Morgan fingerprint density at radius 1 is 1.18 bits per heavy atom. The summed E-state index contributed by atoms with van der Waals surface area (Å²) in [4.78, 5) is 2.47. The van der Waals surface area contributed by atoms with Crippen LogP contribution in [-0.4, -0.2) is 46.1 Å². The van der Waals surface area contributed by atoms with Crippen molar-refractivity contribution in [3.63, 3.8) is 0 Å². The van der Waals surface area contributed by atoms with Crippen LogP contribution in [0.25, 0.3) is 0 Å². The van der Waals surface area contributed by atoms with E-state index in [4.69, 9.17) is 9.84 Å². The summed E-state index contributed by atoms with van der Waals surface area (Å²) in [5, 5.41) is 17.7. The topological polar surface area (TPSA) is 48.3 Å². The number of ether oxygens (including phenoxy) is 1. The average molecular weight is 377 g/mol. The number of rotatable bonds is 2. The Morgan fingerprint density at radius 3 is 2.75 bits per heavy atom. The molecule has 2 aromatic carbocycles. The summed E-state index contributed by atoms with van der Waals surface area (Å²) in [7, 11) is 0. The van der Waals surface area contributed by atoms with Crippen molar-refractivity contribution in [3.05, 3.63) is 59.2 Å². The van der Waals surface area contributed by atoms with Crippen LogP contribution in [0.4, 0.5) is 0 Å². The number of aromatic hydroxyl groups is 1. The molecule has 0 bridgehead atoms. The molecule has 1 atom stereocenters. The fourth-order valence-corrected chi connectivity index (χ4v) is 4.82. The number of phenolic OH excluding ortho intramolecular Hbond substituents is 1. The molecule has 0 aromatic heterocycles. The number of aryl methyl sites for hydroxylation is 1. The predicted molar refractivity (Wildman–Crippen MR) is 110 cm³/mol. The standard InChI is InChI=1S/C23H27N3O2/c1-3-25-12-10-23(11-13-25)26-20(17-6-4-5-7-22(17)28-23)15-19(24-26)18-14-16(2)8-9-21(18)27/h4-9,14,20,27H,3,10-13,15H2,1-2H3. The summed E-state index contributed by atoms with van der Waals surface area (Å²) in [5.41, 5.74) is 3.71. The first kappa shape index (κ1) is 17.6. The Hall–Kier alpha value is -2.53. The van der Waals surface area contributed by atoms with Gasteiger partial charge in [-0.05, 0) is 31.7 Å². The molecule has 28 heavy (non-hydrogen) atoms. The van der Waals surface area contributed by atoms with E-state index in [1.807, 2.05) is 25.1 Å². The molecular weight excluding hydrogens is 350 g/mol. The Labute approximate surface area is 166 Å². The van der Waals surface area contributed by atoms with Gasteiger partial charge < -0.3 is 14.7 Å². The van der Waals surface area contributed by atoms with Crippen LogP contribution in [0.5, 0.6) is 11.5 Å². The molecule has 1 saturated heterocycles. The molecule has 0 radical (unpaired) electrons. The van der Waals surface area contributed by atoms with E-state index < -0.39 is 5.72 Å². The van der Waals surface area contributed by atoms with E-state index in [2.05, 4.69) is 35.0 Å². The van der Waals surface area contributed by atoms with Gasteiger partial charge in [-0.25, -0.2) is 5.01 Å². The zero-order chi connectivity index (χ0) is 19.3. The van der Waals surface area contributed by atoms with Gasteiger partial charge in [-0.3, -0.25) is 0 Å². The Kier molecular flexibility index (Phi) is 4.09. The SMILES string of the molecule is CCN1CCC2(CC1)Oc1ccccc1C1CC(c3cc(C)ccc3O)=NN12. The minimum absolute atomic E-state index is 0.160. The van der Waals surface area contributed by atoms with Gasteiger partial charge in [-0.1, -0.05) is 36.8 Å². The first-order valence-electron chi connectivity index (χ1n) is 10.3. The second-order valence-corrected chi connectivity index (χ2v) is 8.15. The van der Waals surface area contributed by atoms with Gasteiger partial charge >= 0.3 is 0 Å². The molecule has 3 aliphatic rings. The largest absolute Gasteiger partial charge is 0.507 e. The van der Waals surface area contributed by atoms with E-state index in [0.29, 0.717) is 5.75 Å². The number of nitrogens with zero attached hydrogens (tertiary/aromatic N) is 3. The van der Waals surface area contributed by atoms with Crippen LogP contribution in [0.3, 0.4) is 0 Å². The van der Waals surface area contributed by atoms with Gasteiger partial charge in [0.15, 0.2) is 0 Å². The molecule has 3 aliphatic heterocycles. The molecule has 0 aliphatic carbocycles. The fraction of sp³-hybridized carbons (Fsp3) is 0.435. The molecule has 5 heteroatoms. The lowest BCUT2D eigenvalue weighted by molar-refractivity contribution is -0.149. The first-order chi connectivity index (χ1) is 13.6. The van der Waals surface area contributed by atoms with E-state index in [1.165, 1.54) is 5.56 Å². The van der Waals surface area contributed by atoms with Gasteiger partial charge in [0, 0.05) is 43.5 Å². The highest BCUT2D eigenvalue weighted by molar-refractivity contribution is 6.04. The fourth-order valence-electron chi connectivity index (χ4n) is 4.82. The number of benzene rings is 2. The average Bonchev–Trinajstić information content (AvgIpc) is 3.17. The number of hydrogen-bond acceptors (Lipinski definition) is 5. The van der Waals surface area contributed by atoms with Crippen molar-refractivity contribution in [2.75, 3.05) is 19.6 Å². The monoisotopic (exact) mass is 377 g/mol. The molecular formula is C23H27N3O2. The summed E-state index contributed by atoms with van der Waals surface area (Å²) >= 11 is 0. The number of para-hydroxylation sites is 1. The zero-order valence-electron chi connectivity index (χ0n) is 16.6. The van der Waals surface area contributed by atoms with Crippen molar-refractivity contribution >= 4 is 5.71 Å². The summed E-state index contributed by atoms with van der Waals surface area (Å²) < 4.78 is 6.63. The highest BCUT2D eigenvalue weighted by atomic mass is 16.5. The van der Waals surface area contributed by atoms with Crippen LogP contribution in [-0.2, 0) is 0 Å². The smallest absolute Gasteiger partial charge is 0.200 e. The van der Waals surface area contributed by atoms with Crippen LogP contribution in [0.2, 0.25) is 0 Å². The van der Waals surface area contributed by atoms with E-state index in [-0.39, 0.29) is 6.04 Å². The minimum Gasteiger partial charge on any atom is -0.507 e. The summed E-state index contributed by atoms with van der Waals surface area (Å²) in [6.07, 6.45) is 2.65. The van der Waals surface area contributed by atoms with Crippen LogP contribution in [0.1, 0.15) is 48.9 Å². The molecule has 5 rings (SSSR count). The molecule has 5 nitrogen and oxygen atoms in total. The maximum atomic E-state index is 10.5. The van der Waals surface area contributed by atoms with Gasteiger partial charge in [0.1, 0.15) is 11.5 Å². The summed E-state index contributed by atoms with van der Waals surface area (Å²) in [6.45, 7) is 7.36. The van der Waals surface area contributed by atoms with Crippen molar-refractivity contribution in [3.8, 4) is 11.5 Å². The lowest BCUT2D eigenvalue weighted by Crippen LogP contribution is -2.59. The Bertz CT molecular complexity index is 931. The lowest BCUT2D eigenvalue weighted by atomic mass is 9.90. The lowest BCUT2D eigenvalue weighted by Gasteiger charge is -2.51. The molecule has 0 saturated carbocycles. The molecule has 1 spiro atoms. The third kappa shape index (κ3) is 2.68. The highest BCUT2D eigenvalue weighted by Gasteiger charge is 2.51. The third-order valence-electron chi connectivity index (χ3n) is 6.45. The van der Waals surface area contributed by atoms with Gasteiger partial charge in [0.25, 0.3) is 0 Å². The van der Waals surface area contributed by atoms with E-state index in [1.54, 1.807) is 6.07 Å². The van der Waals surface area contributed by atoms with E-state index in [0.717, 1.165) is 61.5 Å². The quantitative estimate of drug-likeness (QED) is 0.858. The Morgan fingerprint density at radius 2 is 1.96 bits per heavy atom. The molecule has 146 valence electrons. The van der Waals surface area contributed by atoms with Crippen molar-refractivity contribution < 1.29 is 9.84 Å². The number of hydrazone groups is 1. The number of likely N-dealkylation sites (tertiary alicyclic amines) is 1. The molecule has 1 fully saturated rings. The van der Waals surface area contributed by atoms with Gasteiger partial charge in [-0.15, -0.1) is 0 Å². The summed E-state index contributed by atoms with van der Waals surface area (Å²) in [6, 6.07) is 14.2. The predicted octanol–water partition coefficient (Wildman–Crippen LogP) is 4.06. The van der Waals surface area contributed by atoms with E-state index in [9.17, 15) is 5.11 Å². The highest BCUT2D eigenvalue weighted by Crippen LogP contribution is 2.50. The first-order valence-corrected chi connectivity index (χ1v) is 10.3. The van der Waals surface area contributed by atoms with Gasteiger partial charge in [0.2, 0.25) is 5.72 Å². The third-order valence-corrected chi connectivity index (χ3v) is 6.45. The van der Waals surface area contributed by atoms with Crippen molar-refractivity contribution in [2.45, 2.75) is 44.9 Å². The summed E-state index contributed by atoms with van der Waals surface area (Å²) in [5.74, 6) is 1.28. The van der Waals surface area contributed by atoms with Crippen LogP contribution in [0.15, 0.2) is 47.6 Å². The normalized spacial score (nSPS) is 23.1. The second-order valence-electron chi connectivity index (χ2n) is 8.15. The number of hydrogen-bond donors (Lipinski definition) is 1. The zero-order valence-corrected chi connectivity index (χ0v) is 16.6. The molecule has 2 aromatic rings. The second kappa shape index (κ2) is 6.52. The maximum absolute atomic E-state index is 10.5. The number of phenols is 1. The van der Waals surface area contributed by atoms with Crippen LogP contribution < -0.4 is 4.74 Å². The van der Waals surface area contributed by atoms with Crippen LogP contribution >= 0.6 is 0 Å². The van der Waals surface area contributed by atoms with Crippen molar-refractivity contribution in [1.29, 1.82) is 0 Å². The van der Waals surface area contributed by atoms with Crippen molar-refractivity contribution in [2.24, 2.45) is 5.10 Å². The van der Waals surface area contributed by atoms with Gasteiger partial charge in [0.05, 0.1) is 11.8 Å². The van der Waals surface area contributed by atoms with E-state index >= 15 is 0 Å². The molecule has 0 amide bonds. The van der Waals surface area contributed by atoms with Gasteiger partial charge in [-0.2, -0.15) is 5.10 Å². The maximum Gasteiger partial charge on any atom is 0.200 e. The molecule has 1 unspecified atom stereocenters.